The van der Waals surface area contributed by atoms with Crippen LogP contribution >= 0.6 is 23.2 Å². The number of nitrogens with zero attached hydrogens (tertiary/aromatic N) is 3. The summed E-state index contributed by atoms with van der Waals surface area (Å²) in [5, 5.41) is 11.4. The molecule has 2 heterocycles. The Morgan fingerprint density at radius 1 is 1.19 bits per heavy atom. The van der Waals surface area contributed by atoms with E-state index in [9.17, 15) is 14.7 Å². The number of likely N-dealkylation sites (N-methyl/N-ethyl adjacent to an activating group) is 1. The molecule has 1 atom stereocenters. The first-order valence-corrected chi connectivity index (χ1v) is 10.4. The standard InChI is InChI=1S/C22H23Cl2N3O5/c1-26(2)9-10-27-17(14-7-5-6-8-25-14)15(19(29)22(27)30)18(28)12-11-13(23)21(32-4)16(24)20(12)31-3/h5-8,11,17,28H,9-10H2,1-4H3/b18-15+. The number of benzene rings is 1. The molecule has 170 valence electrons. The first-order chi connectivity index (χ1) is 15.2. The average Bonchev–Trinajstić information content (AvgIpc) is 3.02. The Kier molecular flexibility index (Phi) is 7.28. The van der Waals surface area contributed by atoms with Crippen molar-refractivity contribution in [1.29, 1.82) is 0 Å². The third kappa shape index (κ3) is 4.26. The number of rotatable bonds is 7. The van der Waals surface area contributed by atoms with Crippen molar-refractivity contribution in [2.75, 3.05) is 41.4 Å². The molecule has 1 amide bonds. The van der Waals surface area contributed by atoms with Gasteiger partial charge in [-0.05, 0) is 32.3 Å². The number of halogens is 2. The third-order valence-corrected chi connectivity index (χ3v) is 5.71. The van der Waals surface area contributed by atoms with Gasteiger partial charge in [-0.15, -0.1) is 0 Å². The van der Waals surface area contributed by atoms with E-state index in [2.05, 4.69) is 4.98 Å². The van der Waals surface area contributed by atoms with Gasteiger partial charge in [0, 0.05) is 19.3 Å². The van der Waals surface area contributed by atoms with E-state index in [0.29, 0.717) is 12.2 Å². The Morgan fingerprint density at radius 3 is 2.44 bits per heavy atom. The Hall–Kier alpha value is -2.81. The van der Waals surface area contributed by atoms with Crippen molar-refractivity contribution < 1.29 is 24.2 Å². The van der Waals surface area contributed by atoms with E-state index in [1.54, 1.807) is 24.4 Å². The molecule has 0 radical (unpaired) electrons. The number of pyridine rings is 1. The lowest BCUT2D eigenvalue weighted by Gasteiger charge is -2.26. The van der Waals surface area contributed by atoms with Gasteiger partial charge >= 0.3 is 0 Å². The number of Topliss-reactive ketones (excluding diaryl/α,β-unsaturated/α-hetero) is 1. The van der Waals surface area contributed by atoms with E-state index in [0.717, 1.165) is 0 Å². The second-order valence-electron chi connectivity index (χ2n) is 7.34. The van der Waals surface area contributed by atoms with Crippen LogP contribution in [0.1, 0.15) is 17.3 Å². The predicted molar refractivity (Wildman–Crippen MR) is 121 cm³/mol. The number of hydrogen-bond donors (Lipinski definition) is 1. The van der Waals surface area contributed by atoms with Crippen molar-refractivity contribution in [2.45, 2.75) is 6.04 Å². The van der Waals surface area contributed by atoms with E-state index in [4.69, 9.17) is 32.7 Å². The molecule has 1 aromatic carbocycles. The molecule has 1 aromatic heterocycles. The molecule has 1 N–H and O–H groups in total. The molecular formula is C22H23Cl2N3O5. The van der Waals surface area contributed by atoms with E-state index < -0.39 is 23.5 Å². The number of likely N-dealkylation sites (tertiary alicyclic amines) is 1. The molecule has 3 rings (SSSR count). The molecule has 0 bridgehead atoms. The Labute approximate surface area is 195 Å². The first kappa shape index (κ1) is 23.8. The minimum absolute atomic E-state index is 0.0280. The molecule has 8 nitrogen and oxygen atoms in total. The quantitative estimate of drug-likeness (QED) is 0.369. The molecular weight excluding hydrogens is 457 g/mol. The summed E-state index contributed by atoms with van der Waals surface area (Å²) in [6.07, 6.45) is 1.56. The van der Waals surface area contributed by atoms with Gasteiger partial charge in [-0.1, -0.05) is 29.3 Å². The van der Waals surface area contributed by atoms with E-state index >= 15 is 0 Å². The number of carbonyl (C=O) groups is 2. The van der Waals surface area contributed by atoms with E-state index in [-0.39, 0.29) is 39.2 Å². The number of hydrogen-bond acceptors (Lipinski definition) is 7. The predicted octanol–water partition coefficient (Wildman–Crippen LogP) is 3.39. The molecule has 1 aliphatic heterocycles. The monoisotopic (exact) mass is 479 g/mol. The van der Waals surface area contributed by atoms with Gasteiger partial charge in [-0.25, -0.2) is 0 Å². The summed E-state index contributed by atoms with van der Waals surface area (Å²) in [7, 11) is 6.47. The maximum atomic E-state index is 13.1. The van der Waals surface area contributed by atoms with Crippen LogP contribution in [0, 0.1) is 0 Å². The number of aliphatic hydroxyl groups is 1. The van der Waals surface area contributed by atoms with Crippen molar-refractivity contribution in [3.63, 3.8) is 0 Å². The van der Waals surface area contributed by atoms with Crippen LogP contribution in [0.3, 0.4) is 0 Å². The maximum Gasteiger partial charge on any atom is 0.295 e. The molecule has 0 aliphatic carbocycles. The second-order valence-corrected chi connectivity index (χ2v) is 8.12. The molecule has 32 heavy (non-hydrogen) atoms. The highest BCUT2D eigenvalue weighted by Gasteiger charge is 2.47. The normalized spacial score (nSPS) is 17.8. The molecule has 10 heteroatoms. The smallest absolute Gasteiger partial charge is 0.295 e. The van der Waals surface area contributed by atoms with Crippen LogP contribution in [0.25, 0.3) is 5.76 Å². The molecule has 0 spiro atoms. The van der Waals surface area contributed by atoms with Crippen LogP contribution < -0.4 is 9.47 Å². The highest BCUT2D eigenvalue weighted by atomic mass is 35.5. The van der Waals surface area contributed by atoms with Crippen molar-refractivity contribution in [3.05, 3.63) is 57.3 Å². The highest BCUT2D eigenvalue weighted by Crippen LogP contribution is 2.47. The lowest BCUT2D eigenvalue weighted by atomic mass is 9.97. The zero-order valence-corrected chi connectivity index (χ0v) is 19.6. The fraction of sp³-hybridized carbons (Fsp3) is 0.318. The molecule has 2 aromatic rings. The van der Waals surface area contributed by atoms with E-state index in [1.165, 1.54) is 25.2 Å². The van der Waals surface area contributed by atoms with Gasteiger partial charge < -0.3 is 24.4 Å². The topological polar surface area (TPSA) is 92.2 Å². The highest BCUT2D eigenvalue weighted by molar-refractivity contribution is 6.47. The van der Waals surface area contributed by atoms with Crippen LogP contribution in [0.4, 0.5) is 0 Å². The van der Waals surface area contributed by atoms with Gasteiger partial charge in [0.1, 0.15) is 16.8 Å². The number of amides is 1. The van der Waals surface area contributed by atoms with Crippen molar-refractivity contribution in [3.8, 4) is 11.5 Å². The summed E-state index contributed by atoms with van der Waals surface area (Å²) >= 11 is 12.6. The summed E-state index contributed by atoms with van der Waals surface area (Å²) in [6, 6.07) is 5.65. The van der Waals surface area contributed by atoms with Crippen molar-refractivity contribution >= 4 is 40.7 Å². The number of carbonyl (C=O) groups excluding carboxylic acids is 2. The lowest BCUT2D eigenvalue weighted by molar-refractivity contribution is -0.140. The third-order valence-electron chi connectivity index (χ3n) is 5.09. The summed E-state index contributed by atoms with van der Waals surface area (Å²) in [5.41, 5.74) is 0.384. The fourth-order valence-electron chi connectivity index (χ4n) is 3.56. The Balaban J connectivity index is 2.25. The van der Waals surface area contributed by atoms with Crippen molar-refractivity contribution in [1.82, 2.24) is 14.8 Å². The van der Waals surface area contributed by atoms with Gasteiger partial charge in [0.25, 0.3) is 11.7 Å². The minimum Gasteiger partial charge on any atom is -0.507 e. The summed E-state index contributed by atoms with van der Waals surface area (Å²) < 4.78 is 10.6. The fourth-order valence-corrected chi connectivity index (χ4v) is 4.24. The summed E-state index contributed by atoms with van der Waals surface area (Å²) in [6.45, 7) is 0.775. The second kappa shape index (κ2) is 9.77. The molecule has 1 unspecified atom stereocenters. The number of methoxy groups -OCH3 is 2. The Morgan fingerprint density at radius 2 is 1.88 bits per heavy atom. The number of aliphatic hydroxyl groups excluding tert-OH is 1. The largest absolute Gasteiger partial charge is 0.507 e. The number of ether oxygens (including phenoxy) is 2. The molecule has 1 fully saturated rings. The van der Waals surface area contributed by atoms with E-state index in [1.807, 2.05) is 19.0 Å². The number of ketones is 1. The van der Waals surface area contributed by atoms with Gasteiger partial charge in [0.05, 0.1) is 36.1 Å². The van der Waals surface area contributed by atoms with Gasteiger partial charge in [0.2, 0.25) is 0 Å². The molecule has 1 aliphatic rings. The van der Waals surface area contributed by atoms with Crippen LogP contribution in [0.2, 0.25) is 10.0 Å². The number of aromatic nitrogens is 1. The van der Waals surface area contributed by atoms with Crippen LogP contribution in [0.15, 0.2) is 36.0 Å². The summed E-state index contributed by atoms with van der Waals surface area (Å²) in [4.78, 5) is 33.6. The van der Waals surface area contributed by atoms with Crippen LogP contribution in [0.5, 0.6) is 11.5 Å². The average molecular weight is 480 g/mol. The minimum atomic E-state index is -0.888. The first-order valence-electron chi connectivity index (χ1n) is 9.67. The molecule has 1 saturated heterocycles. The molecule has 0 saturated carbocycles. The van der Waals surface area contributed by atoms with Gasteiger partial charge in [-0.2, -0.15) is 0 Å². The van der Waals surface area contributed by atoms with Crippen molar-refractivity contribution in [2.24, 2.45) is 0 Å². The SMILES string of the molecule is COc1c(Cl)cc(/C(O)=C2\C(=O)C(=O)N(CCN(C)C)C2c2ccccn2)c(OC)c1Cl. The zero-order valence-electron chi connectivity index (χ0n) is 18.1. The Bertz CT molecular complexity index is 1070. The summed E-state index contributed by atoms with van der Waals surface area (Å²) in [5.74, 6) is -1.80. The zero-order chi connectivity index (χ0) is 23.6. The van der Waals surface area contributed by atoms with Crippen LogP contribution in [-0.4, -0.2) is 73.0 Å². The lowest BCUT2D eigenvalue weighted by Crippen LogP contribution is -2.35. The van der Waals surface area contributed by atoms with Crippen LogP contribution in [-0.2, 0) is 9.59 Å². The maximum absolute atomic E-state index is 13.1. The van der Waals surface area contributed by atoms with Gasteiger partial charge in [-0.3, -0.25) is 14.6 Å². The van der Waals surface area contributed by atoms with Gasteiger partial charge in [0.15, 0.2) is 11.5 Å².